The molecule has 0 atom stereocenters. The second kappa shape index (κ2) is 3.13. The Kier molecular flexibility index (Phi) is 2.42. The molecule has 0 amide bonds. The summed E-state index contributed by atoms with van der Waals surface area (Å²) in [6, 6.07) is 0. The van der Waals surface area contributed by atoms with Crippen molar-refractivity contribution < 1.29 is 0 Å². The van der Waals surface area contributed by atoms with Crippen LogP contribution in [0.25, 0.3) is 0 Å². The lowest BCUT2D eigenvalue weighted by molar-refractivity contribution is 0.692. The summed E-state index contributed by atoms with van der Waals surface area (Å²) < 4.78 is 0. The number of rotatable bonds is 1. The van der Waals surface area contributed by atoms with Gasteiger partial charge in [-0.1, -0.05) is 0 Å². The van der Waals surface area contributed by atoms with E-state index in [-0.39, 0.29) is 0 Å². The van der Waals surface area contributed by atoms with Gasteiger partial charge in [-0.15, -0.1) is 11.8 Å². The summed E-state index contributed by atoms with van der Waals surface area (Å²) in [4.78, 5) is 1.31. The standard InChI is InChI=1S/C6H12N2S/c1-9-6-4-8-3-2-5(6)7/h8H,2-4,7H2,1H3. The molecule has 0 fully saturated rings. The van der Waals surface area contributed by atoms with Gasteiger partial charge in [-0.05, 0) is 6.26 Å². The molecule has 0 aromatic heterocycles. The van der Waals surface area contributed by atoms with Gasteiger partial charge in [-0.25, -0.2) is 0 Å². The number of hydrogen-bond acceptors (Lipinski definition) is 3. The molecule has 2 nitrogen and oxygen atoms in total. The Bertz CT molecular complexity index is 131. The van der Waals surface area contributed by atoms with Crippen LogP contribution in [0.15, 0.2) is 10.6 Å². The summed E-state index contributed by atoms with van der Waals surface area (Å²) in [6.45, 7) is 2.00. The highest BCUT2D eigenvalue weighted by Crippen LogP contribution is 2.17. The molecule has 0 aliphatic carbocycles. The van der Waals surface area contributed by atoms with E-state index in [1.54, 1.807) is 11.8 Å². The minimum absolute atomic E-state index is 0.965. The van der Waals surface area contributed by atoms with Gasteiger partial charge in [0.05, 0.1) is 0 Å². The van der Waals surface area contributed by atoms with Gasteiger partial charge in [0.1, 0.15) is 0 Å². The van der Waals surface area contributed by atoms with Crippen molar-refractivity contribution in [2.24, 2.45) is 5.73 Å². The minimum atomic E-state index is 0.965. The number of hydrogen-bond donors (Lipinski definition) is 2. The van der Waals surface area contributed by atoms with Gasteiger partial charge in [0.15, 0.2) is 0 Å². The first-order valence-electron chi connectivity index (χ1n) is 3.07. The average Bonchev–Trinajstić information content (AvgIpc) is 1.89. The molecule has 1 rings (SSSR count). The quantitative estimate of drug-likeness (QED) is 0.563. The lowest BCUT2D eigenvalue weighted by Gasteiger charge is -2.16. The van der Waals surface area contributed by atoms with Crippen molar-refractivity contribution >= 4 is 11.8 Å². The molecule has 0 saturated carbocycles. The van der Waals surface area contributed by atoms with Crippen molar-refractivity contribution in [3.8, 4) is 0 Å². The largest absolute Gasteiger partial charge is 0.401 e. The Labute approximate surface area is 59.9 Å². The number of nitrogens with two attached hydrogens (primary N) is 1. The molecule has 1 heterocycles. The fourth-order valence-electron chi connectivity index (χ4n) is 0.881. The van der Waals surface area contributed by atoms with E-state index in [0.29, 0.717) is 0 Å². The van der Waals surface area contributed by atoms with Gasteiger partial charge in [0.25, 0.3) is 0 Å². The fraction of sp³-hybridized carbons (Fsp3) is 0.667. The lowest BCUT2D eigenvalue weighted by Crippen LogP contribution is -2.26. The normalized spacial score (nSPS) is 20.6. The summed E-state index contributed by atoms with van der Waals surface area (Å²) in [5.41, 5.74) is 6.78. The maximum absolute atomic E-state index is 5.71. The van der Waals surface area contributed by atoms with E-state index in [0.717, 1.165) is 25.2 Å². The van der Waals surface area contributed by atoms with Crippen LogP contribution in [0.1, 0.15) is 6.42 Å². The van der Waals surface area contributed by atoms with E-state index in [4.69, 9.17) is 5.73 Å². The minimum Gasteiger partial charge on any atom is -0.401 e. The Morgan fingerprint density at radius 3 is 2.89 bits per heavy atom. The van der Waals surface area contributed by atoms with E-state index in [1.165, 1.54) is 4.91 Å². The molecule has 0 unspecified atom stereocenters. The molecule has 0 spiro atoms. The Morgan fingerprint density at radius 2 is 2.44 bits per heavy atom. The highest BCUT2D eigenvalue weighted by atomic mass is 32.2. The van der Waals surface area contributed by atoms with E-state index in [1.807, 2.05) is 0 Å². The Morgan fingerprint density at radius 1 is 1.67 bits per heavy atom. The molecule has 0 saturated heterocycles. The number of thioether (sulfide) groups is 1. The second-order valence-electron chi connectivity index (χ2n) is 2.08. The maximum atomic E-state index is 5.71. The van der Waals surface area contributed by atoms with Crippen LogP contribution in [0.3, 0.4) is 0 Å². The molecule has 0 aromatic rings. The van der Waals surface area contributed by atoms with Crippen LogP contribution >= 0.6 is 11.8 Å². The zero-order chi connectivity index (χ0) is 6.69. The van der Waals surface area contributed by atoms with Crippen LogP contribution in [0.2, 0.25) is 0 Å². The lowest BCUT2D eigenvalue weighted by atomic mass is 10.2. The highest BCUT2D eigenvalue weighted by molar-refractivity contribution is 8.02. The summed E-state index contributed by atoms with van der Waals surface area (Å²) >= 11 is 1.75. The van der Waals surface area contributed by atoms with Crippen molar-refractivity contribution in [1.29, 1.82) is 0 Å². The fourth-order valence-corrected chi connectivity index (χ4v) is 1.49. The van der Waals surface area contributed by atoms with Crippen LogP contribution in [0, 0.1) is 0 Å². The molecule has 0 bridgehead atoms. The first-order chi connectivity index (χ1) is 4.34. The molecule has 3 heteroatoms. The van der Waals surface area contributed by atoms with Gasteiger partial charge < -0.3 is 11.1 Å². The average molecular weight is 144 g/mol. The van der Waals surface area contributed by atoms with Crippen molar-refractivity contribution in [2.45, 2.75) is 6.42 Å². The van der Waals surface area contributed by atoms with Gasteiger partial charge >= 0.3 is 0 Å². The first-order valence-corrected chi connectivity index (χ1v) is 4.29. The van der Waals surface area contributed by atoms with Crippen molar-refractivity contribution in [3.63, 3.8) is 0 Å². The molecule has 1 aliphatic rings. The molecule has 52 valence electrons. The van der Waals surface area contributed by atoms with Crippen LogP contribution in [0.4, 0.5) is 0 Å². The van der Waals surface area contributed by atoms with Crippen LogP contribution in [-0.4, -0.2) is 19.3 Å². The molecular formula is C6H12N2S. The van der Waals surface area contributed by atoms with Crippen LogP contribution in [0.5, 0.6) is 0 Å². The topological polar surface area (TPSA) is 38.0 Å². The van der Waals surface area contributed by atoms with E-state index < -0.39 is 0 Å². The van der Waals surface area contributed by atoms with Crippen molar-refractivity contribution in [2.75, 3.05) is 19.3 Å². The molecule has 1 aliphatic heterocycles. The van der Waals surface area contributed by atoms with Crippen molar-refractivity contribution in [1.82, 2.24) is 5.32 Å². The first kappa shape index (κ1) is 6.96. The second-order valence-corrected chi connectivity index (χ2v) is 2.98. The summed E-state index contributed by atoms with van der Waals surface area (Å²) in [5, 5.41) is 3.26. The summed E-state index contributed by atoms with van der Waals surface area (Å²) in [7, 11) is 0. The molecular weight excluding hydrogens is 132 g/mol. The molecule has 0 aromatic carbocycles. The van der Waals surface area contributed by atoms with Crippen LogP contribution in [-0.2, 0) is 0 Å². The monoisotopic (exact) mass is 144 g/mol. The highest BCUT2D eigenvalue weighted by Gasteiger charge is 2.06. The maximum Gasteiger partial charge on any atom is 0.0282 e. The predicted molar refractivity (Wildman–Crippen MR) is 42.2 cm³/mol. The van der Waals surface area contributed by atoms with Crippen molar-refractivity contribution in [3.05, 3.63) is 10.6 Å². The van der Waals surface area contributed by atoms with Gasteiger partial charge in [0, 0.05) is 30.1 Å². The summed E-state index contributed by atoms with van der Waals surface area (Å²) in [6.07, 6.45) is 3.07. The molecule has 9 heavy (non-hydrogen) atoms. The molecule has 0 radical (unpaired) electrons. The zero-order valence-corrected chi connectivity index (χ0v) is 6.42. The summed E-state index contributed by atoms with van der Waals surface area (Å²) in [5.74, 6) is 0. The van der Waals surface area contributed by atoms with E-state index in [2.05, 4.69) is 11.6 Å². The van der Waals surface area contributed by atoms with Gasteiger partial charge in [-0.3, -0.25) is 0 Å². The smallest absolute Gasteiger partial charge is 0.0282 e. The molecule has 3 N–H and O–H groups in total. The zero-order valence-electron chi connectivity index (χ0n) is 5.61. The number of nitrogens with one attached hydrogen (secondary N) is 1. The van der Waals surface area contributed by atoms with E-state index >= 15 is 0 Å². The Hall–Kier alpha value is -0.150. The van der Waals surface area contributed by atoms with E-state index in [9.17, 15) is 0 Å². The van der Waals surface area contributed by atoms with Crippen LogP contribution < -0.4 is 11.1 Å². The predicted octanol–water partition coefficient (Wildman–Crippen LogP) is 0.513. The Balaban J connectivity index is 2.59. The SMILES string of the molecule is CSC1=C(N)CCNC1. The third-order valence-corrected chi connectivity index (χ3v) is 2.36. The van der Waals surface area contributed by atoms with Gasteiger partial charge in [0.2, 0.25) is 0 Å². The third kappa shape index (κ3) is 1.63. The van der Waals surface area contributed by atoms with Gasteiger partial charge in [-0.2, -0.15) is 0 Å². The third-order valence-electron chi connectivity index (χ3n) is 1.46.